The van der Waals surface area contributed by atoms with Gasteiger partial charge in [0.1, 0.15) is 5.82 Å². The van der Waals surface area contributed by atoms with Crippen LogP contribution in [0.2, 0.25) is 0 Å². The Morgan fingerprint density at radius 1 is 1.50 bits per heavy atom. The van der Waals surface area contributed by atoms with Gasteiger partial charge in [0.15, 0.2) is 0 Å². The molecule has 0 aromatic carbocycles. The van der Waals surface area contributed by atoms with E-state index in [-0.39, 0.29) is 11.9 Å². The molecule has 0 aliphatic rings. The van der Waals surface area contributed by atoms with Crippen molar-refractivity contribution in [1.82, 2.24) is 15.3 Å². The van der Waals surface area contributed by atoms with E-state index >= 15 is 0 Å². The third kappa shape index (κ3) is 4.12. The van der Waals surface area contributed by atoms with Crippen LogP contribution in [-0.2, 0) is 4.79 Å². The summed E-state index contributed by atoms with van der Waals surface area (Å²) in [7, 11) is 0. The maximum atomic E-state index is 11.2. The highest BCUT2D eigenvalue weighted by atomic mass is 16.1. The average molecular weight is 223 g/mol. The summed E-state index contributed by atoms with van der Waals surface area (Å²) in [6.45, 7) is 4.91. The van der Waals surface area contributed by atoms with E-state index in [4.69, 9.17) is 5.73 Å². The number of carbonyl (C=O) groups is 1. The molecule has 88 valence electrons. The van der Waals surface area contributed by atoms with E-state index in [1.54, 1.807) is 6.07 Å². The second-order valence-electron chi connectivity index (χ2n) is 3.38. The molecule has 0 aliphatic heterocycles. The van der Waals surface area contributed by atoms with Crippen LogP contribution in [0.4, 0.5) is 11.8 Å². The topological polar surface area (TPSA) is 92.9 Å². The van der Waals surface area contributed by atoms with Crippen LogP contribution in [0.5, 0.6) is 0 Å². The van der Waals surface area contributed by atoms with Crippen LogP contribution in [0.3, 0.4) is 0 Å². The minimum absolute atomic E-state index is 0.0220. The molecule has 6 nitrogen and oxygen atoms in total. The van der Waals surface area contributed by atoms with Gasteiger partial charge in [-0.1, -0.05) is 0 Å². The molecule has 0 aliphatic carbocycles. The monoisotopic (exact) mass is 223 g/mol. The number of nitrogen functional groups attached to an aromatic ring is 1. The summed E-state index contributed by atoms with van der Waals surface area (Å²) >= 11 is 0. The Labute approximate surface area is 94.7 Å². The predicted octanol–water partition coefficient (Wildman–Crippen LogP) is 0.305. The van der Waals surface area contributed by atoms with Crippen LogP contribution in [-0.4, -0.2) is 29.0 Å². The minimum atomic E-state index is 0.0220. The number of hydrogen-bond acceptors (Lipinski definition) is 5. The highest BCUT2D eigenvalue weighted by Gasteiger charge is 2.01. The van der Waals surface area contributed by atoms with E-state index in [1.165, 1.54) is 0 Å². The molecule has 6 heteroatoms. The van der Waals surface area contributed by atoms with E-state index in [0.717, 1.165) is 5.69 Å². The van der Waals surface area contributed by atoms with Gasteiger partial charge in [0.2, 0.25) is 11.9 Å². The molecule has 1 aromatic rings. The maximum Gasteiger partial charge on any atom is 0.222 e. The maximum absolute atomic E-state index is 11.2. The Balaban J connectivity index is 2.40. The molecule has 0 radical (unpaired) electrons. The number of nitrogens with zero attached hydrogens (tertiary/aromatic N) is 2. The molecule has 1 heterocycles. The number of rotatable bonds is 5. The van der Waals surface area contributed by atoms with Gasteiger partial charge in [0.25, 0.3) is 0 Å². The van der Waals surface area contributed by atoms with Gasteiger partial charge in [-0.3, -0.25) is 4.79 Å². The molecule has 0 bridgehead atoms. The zero-order chi connectivity index (χ0) is 12.0. The number of carbonyl (C=O) groups excluding carboxylic acids is 1. The van der Waals surface area contributed by atoms with Crippen molar-refractivity contribution in [3.8, 4) is 0 Å². The first-order valence-electron chi connectivity index (χ1n) is 5.23. The summed E-state index contributed by atoms with van der Waals surface area (Å²) in [5.41, 5.74) is 6.30. The van der Waals surface area contributed by atoms with Crippen molar-refractivity contribution in [2.24, 2.45) is 0 Å². The van der Waals surface area contributed by atoms with Gasteiger partial charge in [0, 0.05) is 31.3 Å². The van der Waals surface area contributed by atoms with Gasteiger partial charge >= 0.3 is 0 Å². The fourth-order valence-corrected chi connectivity index (χ4v) is 1.27. The summed E-state index contributed by atoms with van der Waals surface area (Å²) in [6, 6.07) is 1.79. The van der Waals surface area contributed by atoms with Crippen molar-refractivity contribution in [2.45, 2.75) is 20.3 Å². The quantitative estimate of drug-likeness (QED) is 0.668. The van der Waals surface area contributed by atoms with Crippen LogP contribution < -0.4 is 16.4 Å². The molecule has 0 saturated carbocycles. The van der Waals surface area contributed by atoms with Gasteiger partial charge < -0.3 is 16.4 Å². The number of amides is 1. The Hall–Kier alpha value is -1.85. The standard InChI is InChI=1S/C10H17N5O/c1-3-12-9(16)4-5-13-8-6-7(2)14-10(11)15-8/h6H,3-5H2,1-2H3,(H,12,16)(H3,11,13,14,15). The average Bonchev–Trinajstić information content (AvgIpc) is 2.16. The van der Waals surface area contributed by atoms with E-state index < -0.39 is 0 Å². The number of aryl methyl sites for hydroxylation is 1. The SMILES string of the molecule is CCNC(=O)CCNc1cc(C)nc(N)n1. The molecule has 0 saturated heterocycles. The summed E-state index contributed by atoms with van der Waals surface area (Å²) in [4.78, 5) is 19.1. The summed E-state index contributed by atoms with van der Waals surface area (Å²) < 4.78 is 0. The Morgan fingerprint density at radius 3 is 2.88 bits per heavy atom. The highest BCUT2D eigenvalue weighted by Crippen LogP contribution is 2.06. The Morgan fingerprint density at radius 2 is 2.25 bits per heavy atom. The van der Waals surface area contributed by atoms with Gasteiger partial charge in [-0.15, -0.1) is 0 Å². The molecule has 0 fully saturated rings. The third-order valence-electron chi connectivity index (χ3n) is 1.90. The molecule has 16 heavy (non-hydrogen) atoms. The number of aromatic nitrogens is 2. The van der Waals surface area contributed by atoms with Crippen LogP contribution in [0.25, 0.3) is 0 Å². The summed E-state index contributed by atoms with van der Waals surface area (Å²) in [5, 5.41) is 5.74. The van der Waals surface area contributed by atoms with E-state index in [2.05, 4.69) is 20.6 Å². The van der Waals surface area contributed by atoms with Crippen molar-refractivity contribution in [3.05, 3.63) is 11.8 Å². The molecule has 0 unspecified atom stereocenters. The van der Waals surface area contributed by atoms with Crippen LogP contribution in [0, 0.1) is 6.92 Å². The van der Waals surface area contributed by atoms with Crippen molar-refractivity contribution in [3.63, 3.8) is 0 Å². The van der Waals surface area contributed by atoms with E-state index in [9.17, 15) is 4.79 Å². The second-order valence-corrected chi connectivity index (χ2v) is 3.38. The molecule has 1 rings (SSSR count). The largest absolute Gasteiger partial charge is 0.369 e. The number of nitrogens with one attached hydrogen (secondary N) is 2. The van der Waals surface area contributed by atoms with Gasteiger partial charge in [-0.2, -0.15) is 4.98 Å². The first-order chi connectivity index (χ1) is 7.61. The third-order valence-corrected chi connectivity index (χ3v) is 1.90. The first kappa shape index (κ1) is 12.2. The Bertz CT molecular complexity index is 346. The van der Waals surface area contributed by atoms with Gasteiger partial charge in [0.05, 0.1) is 0 Å². The lowest BCUT2D eigenvalue weighted by Crippen LogP contribution is -2.24. The van der Waals surface area contributed by atoms with Crippen LogP contribution >= 0.6 is 0 Å². The Kier molecular flexibility index (Phi) is 4.50. The second kappa shape index (κ2) is 5.89. The van der Waals surface area contributed by atoms with Gasteiger partial charge in [-0.05, 0) is 13.8 Å². The summed E-state index contributed by atoms with van der Waals surface area (Å²) in [5.74, 6) is 0.906. The molecule has 0 atom stereocenters. The van der Waals surface area contributed by atoms with Crippen molar-refractivity contribution < 1.29 is 4.79 Å². The molecule has 0 spiro atoms. The number of nitrogens with two attached hydrogens (primary N) is 1. The fraction of sp³-hybridized carbons (Fsp3) is 0.500. The number of hydrogen-bond donors (Lipinski definition) is 3. The number of anilines is 2. The lowest BCUT2D eigenvalue weighted by molar-refractivity contribution is -0.120. The van der Waals surface area contributed by atoms with Gasteiger partial charge in [-0.25, -0.2) is 4.98 Å². The fourth-order valence-electron chi connectivity index (χ4n) is 1.27. The zero-order valence-electron chi connectivity index (χ0n) is 9.58. The van der Waals surface area contributed by atoms with Crippen LogP contribution in [0.15, 0.2) is 6.07 Å². The molecule has 1 aromatic heterocycles. The molecular weight excluding hydrogens is 206 g/mol. The van der Waals surface area contributed by atoms with Crippen molar-refractivity contribution >= 4 is 17.7 Å². The van der Waals surface area contributed by atoms with Crippen molar-refractivity contribution in [1.29, 1.82) is 0 Å². The predicted molar refractivity (Wildman–Crippen MR) is 63.0 cm³/mol. The lowest BCUT2D eigenvalue weighted by atomic mass is 10.3. The smallest absolute Gasteiger partial charge is 0.222 e. The lowest BCUT2D eigenvalue weighted by Gasteiger charge is -2.06. The van der Waals surface area contributed by atoms with Crippen molar-refractivity contribution in [2.75, 3.05) is 24.1 Å². The highest BCUT2D eigenvalue weighted by molar-refractivity contribution is 5.76. The summed E-state index contributed by atoms with van der Waals surface area (Å²) in [6.07, 6.45) is 0.413. The van der Waals surface area contributed by atoms with E-state index in [0.29, 0.717) is 25.3 Å². The zero-order valence-corrected chi connectivity index (χ0v) is 9.58. The normalized spacial score (nSPS) is 9.88. The van der Waals surface area contributed by atoms with Crippen LogP contribution in [0.1, 0.15) is 19.0 Å². The first-order valence-corrected chi connectivity index (χ1v) is 5.23. The molecular formula is C10H17N5O. The van der Waals surface area contributed by atoms with E-state index in [1.807, 2.05) is 13.8 Å². The molecule has 4 N–H and O–H groups in total. The minimum Gasteiger partial charge on any atom is -0.369 e. The molecule has 1 amide bonds.